The number of ether oxygens (including phenoxy) is 1. The summed E-state index contributed by atoms with van der Waals surface area (Å²) in [5.41, 5.74) is 0.0562. The number of imide groups is 2. The Morgan fingerprint density at radius 2 is 1.71 bits per heavy atom. The van der Waals surface area contributed by atoms with E-state index in [1.165, 1.54) is 36.4 Å². The summed E-state index contributed by atoms with van der Waals surface area (Å²) in [5, 5.41) is 20.4. The lowest BCUT2D eigenvalue weighted by Gasteiger charge is -2.49. The number of halogens is 2. The first kappa shape index (κ1) is 31.6. The molecule has 3 aromatic rings. The highest BCUT2D eigenvalue weighted by atomic mass is 35.5. The van der Waals surface area contributed by atoms with E-state index < -0.39 is 69.4 Å². The molecule has 13 heteroatoms. The van der Waals surface area contributed by atoms with Crippen LogP contribution in [0.25, 0.3) is 0 Å². The van der Waals surface area contributed by atoms with Crippen LogP contribution in [0.5, 0.6) is 5.75 Å². The number of rotatable bonds is 7. The molecule has 2 heterocycles. The minimum absolute atomic E-state index is 0.0816. The fraction of sp³-hybridized carbons (Fsp3) is 0.314. The number of anilines is 2. The Morgan fingerprint density at radius 3 is 2.40 bits per heavy atom. The van der Waals surface area contributed by atoms with Crippen LogP contribution in [0, 0.1) is 45.0 Å². The number of fused-ring (bicyclic) bond motifs is 4. The third-order valence-corrected chi connectivity index (χ3v) is 10.6. The Labute approximate surface area is 278 Å². The monoisotopic (exact) mass is 673 g/mol. The van der Waals surface area contributed by atoms with Crippen molar-refractivity contribution >= 4 is 52.3 Å². The molecule has 2 aliphatic heterocycles. The maximum atomic E-state index is 14.5. The largest absolute Gasteiger partial charge is 0.491 e. The van der Waals surface area contributed by atoms with E-state index in [1.807, 2.05) is 6.08 Å². The summed E-state index contributed by atoms with van der Waals surface area (Å²) < 4.78 is 19.6. The van der Waals surface area contributed by atoms with Crippen molar-refractivity contribution in [1.82, 2.24) is 0 Å². The van der Waals surface area contributed by atoms with Crippen LogP contribution in [-0.2, 0) is 19.2 Å². The summed E-state index contributed by atoms with van der Waals surface area (Å²) in [4.78, 5) is 69.7. The number of aliphatic hydroxyl groups is 1. The van der Waals surface area contributed by atoms with Gasteiger partial charge >= 0.3 is 0 Å². The number of hydrogen-bond donors (Lipinski definition) is 1. The average molecular weight is 674 g/mol. The normalized spacial score (nSPS) is 27.8. The molecule has 1 N–H and O–H groups in total. The van der Waals surface area contributed by atoms with E-state index in [4.69, 9.17) is 16.3 Å². The number of hydrogen-bond acceptors (Lipinski definition) is 8. The lowest BCUT2D eigenvalue weighted by Crippen LogP contribution is -2.48. The number of amides is 4. The van der Waals surface area contributed by atoms with Crippen LogP contribution in [0.3, 0.4) is 0 Å². The summed E-state index contributed by atoms with van der Waals surface area (Å²) in [6.07, 6.45) is 2.18. The maximum absolute atomic E-state index is 14.5. The van der Waals surface area contributed by atoms with Crippen molar-refractivity contribution in [2.45, 2.75) is 25.7 Å². The molecule has 246 valence electrons. The molecule has 4 amide bonds. The van der Waals surface area contributed by atoms with E-state index in [9.17, 15) is 38.8 Å². The van der Waals surface area contributed by atoms with Crippen molar-refractivity contribution in [1.29, 1.82) is 0 Å². The van der Waals surface area contributed by atoms with Crippen LogP contribution in [-0.4, -0.2) is 46.9 Å². The third-order valence-electron chi connectivity index (χ3n) is 10.3. The van der Waals surface area contributed by atoms with E-state index in [-0.39, 0.29) is 48.1 Å². The second-order valence-electron chi connectivity index (χ2n) is 12.7. The topological polar surface area (TPSA) is 147 Å². The third kappa shape index (κ3) is 4.65. The number of carbonyl (C=O) groups is 4. The van der Waals surface area contributed by atoms with Crippen LogP contribution in [0.2, 0.25) is 5.02 Å². The van der Waals surface area contributed by atoms with Crippen molar-refractivity contribution in [3.05, 3.63) is 105 Å². The summed E-state index contributed by atoms with van der Waals surface area (Å²) >= 11 is 6.06. The zero-order chi connectivity index (χ0) is 34.1. The van der Waals surface area contributed by atoms with E-state index >= 15 is 0 Å². The van der Waals surface area contributed by atoms with Crippen molar-refractivity contribution in [3.8, 4) is 5.75 Å². The molecule has 3 aromatic carbocycles. The summed E-state index contributed by atoms with van der Waals surface area (Å²) in [5.74, 6) is -6.08. The molecule has 1 saturated carbocycles. The lowest BCUT2D eigenvalue weighted by molar-refractivity contribution is -0.384. The fourth-order valence-electron chi connectivity index (χ4n) is 8.19. The SMILES string of the molecule is C[C@@]12C(=O)N(c3ccc(F)c(Cl)c3)C(=O)[C@@H]1C[C@@H]1C(=CC[C@@H]3C(=O)N(c4cccc([N+](=O)[O-])c4)C(=O)[C@@H]31)[C@@H]2c1ccc(OCCO)cc1. The molecule has 0 spiro atoms. The van der Waals surface area contributed by atoms with Crippen LogP contribution in [0.4, 0.5) is 21.5 Å². The van der Waals surface area contributed by atoms with Crippen molar-refractivity contribution < 1.29 is 38.3 Å². The van der Waals surface area contributed by atoms with Crippen molar-refractivity contribution in [3.63, 3.8) is 0 Å². The van der Waals surface area contributed by atoms with Gasteiger partial charge in [0.25, 0.3) is 5.69 Å². The minimum atomic E-state index is -1.33. The number of nitro benzene ring substituents is 1. The van der Waals surface area contributed by atoms with Gasteiger partial charge in [0.15, 0.2) is 0 Å². The Kier molecular flexibility index (Phi) is 7.67. The number of aliphatic hydroxyl groups excluding tert-OH is 1. The zero-order valence-electron chi connectivity index (χ0n) is 25.5. The molecule has 0 radical (unpaired) electrons. The molecule has 2 aliphatic carbocycles. The molecule has 48 heavy (non-hydrogen) atoms. The Morgan fingerprint density at radius 1 is 0.979 bits per heavy atom. The molecule has 6 atom stereocenters. The van der Waals surface area contributed by atoms with E-state index in [1.54, 1.807) is 31.2 Å². The van der Waals surface area contributed by atoms with Crippen LogP contribution >= 0.6 is 11.6 Å². The Bertz CT molecular complexity index is 1930. The standard InChI is InChI=1S/C35H29ClFN3O8/c1-35-26(32(43)39(34(35)45)20-7-12-28(37)27(36)16-20)17-25-23(30(35)18-5-8-22(9-6-18)48-14-13-41)10-11-24-29(25)33(44)38(31(24)42)19-3-2-4-21(15-19)40(46)47/h2-10,12,15-16,24-26,29-30,41H,11,13-14,17H2,1H3/t24-,25+,26-,29-,30-,35+/m0/s1. The first-order valence-electron chi connectivity index (χ1n) is 15.5. The van der Waals surface area contributed by atoms with Crippen LogP contribution in [0.15, 0.2) is 78.4 Å². The number of benzene rings is 3. The Hall–Kier alpha value is -4.94. The predicted molar refractivity (Wildman–Crippen MR) is 171 cm³/mol. The molecule has 0 unspecified atom stereocenters. The zero-order valence-corrected chi connectivity index (χ0v) is 26.3. The second-order valence-corrected chi connectivity index (χ2v) is 13.1. The van der Waals surface area contributed by atoms with Gasteiger partial charge in [-0.2, -0.15) is 0 Å². The highest BCUT2D eigenvalue weighted by molar-refractivity contribution is 6.32. The van der Waals surface area contributed by atoms with Gasteiger partial charge in [0.05, 0.1) is 51.1 Å². The number of nitrogens with zero attached hydrogens (tertiary/aromatic N) is 3. The molecular weight excluding hydrogens is 645 g/mol. The van der Waals surface area contributed by atoms with E-state index in [2.05, 4.69) is 0 Å². The predicted octanol–water partition coefficient (Wildman–Crippen LogP) is 5.19. The van der Waals surface area contributed by atoms with Gasteiger partial charge in [-0.25, -0.2) is 14.2 Å². The van der Waals surface area contributed by atoms with Gasteiger partial charge in [-0.1, -0.05) is 41.4 Å². The number of allylic oxidation sites excluding steroid dienone is 2. The first-order chi connectivity index (χ1) is 23.0. The van der Waals surface area contributed by atoms with Crippen molar-refractivity contribution in [2.75, 3.05) is 23.0 Å². The summed E-state index contributed by atoms with van der Waals surface area (Å²) in [6, 6.07) is 15.9. The van der Waals surface area contributed by atoms with Gasteiger partial charge in [0.1, 0.15) is 18.2 Å². The molecular formula is C35H29ClFN3O8. The first-order valence-corrected chi connectivity index (χ1v) is 15.8. The number of non-ortho nitro benzene ring substituents is 1. The molecule has 7 rings (SSSR count). The van der Waals surface area contributed by atoms with Crippen molar-refractivity contribution in [2.24, 2.45) is 29.1 Å². The van der Waals surface area contributed by atoms with E-state index in [0.717, 1.165) is 21.4 Å². The summed E-state index contributed by atoms with van der Waals surface area (Å²) in [6.45, 7) is 1.63. The van der Waals surface area contributed by atoms with Gasteiger partial charge < -0.3 is 9.84 Å². The molecule has 0 bridgehead atoms. The van der Waals surface area contributed by atoms with Crippen LogP contribution in [0.1, 0.15) is 31.2 Å². The maximum Gasteiger partial charge on any atom is 0.271 e. The number of nitro groups is 1. The molecule has 2 saturated heterocycles. The van der Waals surface area contributed by atoms with Gasteiger partial charge in [0.2, 0.25) is 23.6 Å². The van der Waals surface area contributed by atoms with Crippen LogP contribution < -0.4 is 14.5 Å². The summed E-state index contributed by atoms with van der Waals surface area (Å²) in [7, 11) is 0. The quantitative estimate of drug-likeness (QED) is 0.156. The minimum Gasteiger partial charge on any atom is -0.491 e. The fourth-order valence-corrected chi connectivity index (χ4v) is 8.36. The van der Waals surface area contributed by atoms with E-state index in [0.29, 0.717) is 11.3 Å². The number of carbonyl (C=O) groups excluding carboxylic acids is 4. The molecule has 0 aromatic heterocycles. The Balaban J connectivity index is 1.33. The second kappa shape index (κ2) is 11.6. The van der Waals surface area contributed by atoms with Gasteiger partial charge in [-0.15, -0.1) is 0 Å². The molecule has 11 nitrogen and oxygen atoms in total. The highest BCUT2D eigenvalue weighted by Gasteiger charge is 2.67. The van der Waals surface area contributed by atoms with Gasteiger partial charge in [-0.05, 0) is 67.6 Å². The average Bonchev–Trinajstić information content (AvgIpc) is 3.44. The smallest absolute Gasteiger partial charge is 0.271 e. The lowest BCUT2D eigenvalue weighted by atomic mass is 9.51. The molecule has 3 fully saturated rings. The van der Waals surface area contributed by atoms with Gasteiger partial charge in [0, 0.05) is 18.1 Å². The highest BCUT2D eigenvalue weighted by Crippen LogP contribution is 2.63. The molecule has 4 aliphatic rings. The van der Waals surface area contributed by atoms with Gasteiger partial charge in [-0.3, -0.25) is 29.3 Å².